The number of hydrogen-bond donors (Lipinski definition) is 1. The van der Waals surface area contributed by atoms with Gasteiger partial charge in [-0.05, 0) is 17.9 Å². The molecule has 0 spiro atoms. The molecule has 2 unspecified atom stereocenters. The van der Waals surface area contributed by atoms with Gasteiger partial charge in [0, 0.05) is 0 Å². The Kier molecular flexibility index (Phi) is 6.36. The van der Waals surface area contributed by atoms with Crippen molar-refractivity contribution < 1.29 is 13.7 Å². The van der Waals surface area contributed by atoms with Crippen LogP contribution in [0.25, 0.3) is 0 Å². The third kappa shape index (κ3) is 5.43. The van der Waals surface area contributed by atoms with Crippen LogP contribution in [0.4, 0.5) is 0 Å². The molecule has 0 radical (unpaired) electrons. The smallest absolute Gasteiger partial charge is 0.324 e. The van der Waals surface area contributed by atoms with E-state index in [1.54, 1.807) is 6.92 Å². The highest BCUT2D eigenvalue weighted by molar-refractivity contribution is 7.82. The molecule has 0 aliphatic rings. The van der Waals surface area contributed by atoms with Crippen LogP contribution in [0.1, 0.15) is 33.3 Å². The van der Waals surface area contributed by atoms with E-state index in [2.05, 4.69) is 4.72 Å². The molecule has 1 rings (SSSR count). The molecule has 0 aliphatic heterocycles. The fraction of sp³-hybridized carbons (Fsp3) is 0.533. The maximum absolute atomic E-state index is 12.2. The van der Waals surface area contributed by atoms with Crippen molar-refractivity contribution in [2.45, 2.75) is 39.5 Å². The Morgan fingerprint density at radius 3 is 2.40 bits per heavy atom. The second-order valence-corrected chi connectivity index (χ2v) is 6.86. The minimum atomic E-state index is -1.32. The highest BCUT2D eigenvalue weighted by Crippen LogP contribution is 2.21. The van der Waals surface area contributed by atoms with Crippen LogP contribution >= 0.6 is 0 Å². The summed E-state index contributed by atoms with van der Waals surface area (Å²) in [4.78, 5) is 12.0. The molecule has 112 valence electrons. The molecular formula is C15H23NO3S. The summed E-state index contributed by atoms with van der Waals surface area (Å²) in [6.07, 6.45) is 0. The third-order valence-electron chi connectivity index (χ3n) is 2.78. The van der Waals surface area contributed by atoms with E-state index in [0.29, 0.717) is 12.4 Å². The Morgan fingerprint density at radius 2 is 1.90 bits per heavy atom. The molecule has 0 bridgehead atoms. The van der Waals surface area contributed by atoms with Gasteiger partial charge in [0.2, 0.25) is 0 Å². The molecule has 0 aromatic heterocycles. The molecule has 0 heterocycles. The first-order chi connectivity index (χ1) is 9.34. The Labute approximate surface area is 123 Å². The summed E-state index contributed by atoms with van der Waals surface area (Å²) < 4.78 is 20.1. The van der Waals surface area contributed by atoms with Gasteiger partial charge < -0.3 is 4.74 Å². The predicted molar refractivity (Wildman–Crippen MR) is 81.3 cm³/mol. The highest BCUT2D eigenvalue weighted by atomic mass is 32.2. The summed E-state index contributed by atoms with van der Waals surface area (Å²) in [6, 6.07) is 8.95. The van der Waals surface area contributed by atoms with Crippen molar-refractivity contribution in [3.8, 4) is 0 Å². The fourth-order valence-corrected chi connectivity index (χ4v) is 2.99. The van der Waals surface area contributed by atoms with Crippen LogP contribution in [0.15, 0.2) is 30.3 Å². The van der Waals surface area contributed by atoms with E-state index < -0.39 is 17.0 Å². The molecular weight excluding hydrogens is 274 g/mol. The zero-order chi connectivity index (χ0) is 15.2. The normalized spacial score (nSPS) is 14.6. The SMILES string of the molecule is CCOC(=O)C(NS(=O)Cc1ccccc1)C(C)(C)C. The van der Waals surface area contributed by atoms with Crippen LogP contribution in [-0.2, 0) is 26.3 Å². The maximum Gasteiger partial charge on any atom is 0.324 e. The fourth-order valence-electron chi connectivity index (χ4n) is 1.70. The molecule has 20 heavy (non-hydrogen) atoms. The van der Waals surface area contributed by atoms with Crippen LogP contribution in [0.2, 0.25) is 0 Å². The third-order valence-corrected chi connectivity index (χ3v) is 3.87. The summed E-state index contributed by atoms with van der Waals surface area (Å²) in [5.41, 5.74) is 0.605. The molecule has 5 heteroatoms. The summed E-state index contributed by atoms with van der Waals surface area (Å²) in [5.74, 6) is 0.00808. The number of benzene rings is 1. The van der Waals surface area contributed by atoms with E-state index in [9.17, 15) is 9.00 Å². The van der Waals surface area contributed by atoms with E-state index in [1.165, 1.54) is 0 Å². The van der Waals surface area contributed by atoms with Crippen LogP contribution in [-0.4, -0.2) is 22.8 Å². The minimum absolute atomic E-state index is 0.318. The largest absolute Gasteiger partial charge is 0.465 e. The van der Waals surface area contributed by atoms with Gasteiger partial charge in [-0.15, -0.1) is 0 Å². The van der Waals surface area contributed by atoms with Gasteiger partial charge in [-0.1, -0.05) is 51.1 Å². The first-order valence-corrected chi connectivity index (χ1v) is 8.01. The van der Waals surface area contributed by atoms with Gasteiger partial charge in [-0.2, -0.15) is 0 Å². The van der Waals surface area contributed by atoms with E-state index in [4.69, 9.17) is 4.74 Å². The number of hydrogen-bond acceptors (Lipinski definition) is 3. The molecule has 0 saturated heterocycles. The van der Waals surface area contributed by atoms with Crippen molar-refractivity contribution in [3.05, 3.63) is 35.9 Å². The molecule has 1 aromatic carbocycles. The van der Waals surface area contributed by atoms with Gasteiger partial charge >= 0.3 is 5.97 Å². The van der Waals surface area contributed by atoms with Gasteiger partial charge in [-0.25, -0.2) is 8.93 Å². The molecule has 0 fully saturated rings. The number of ether oxygens (including phenoxy) is 1. The van der Waals surface area contributed by atoms with Crippen molar-refractivity contribution in [1.29, 1.82) is 0 Å². The lowest BCUT2D eigenvalue weighted by atomic mass is 9.87. The second-order valence-electron chi connectivity index (χ2n) is 5.64. The van der Waals surface area contributed by atoms with E-state index in [-0.39, 0.29) is 11.4 Å². The first kappa shape index (κ1) is 16.9. The van der Waals surface area contributed by atoms with Gasteiger partial charge in [0.25, 0.3) is 0 Å². The van der Waals surface area contributed by atoms with Crippen molar-refractivity contribution in [2.75, 3.05) is 6.61 Å². The lowest BCUT2D eigenvalue weighted by Crippen LogP contribution is -2.48. The Bertz CT molecular complexity index is 454. The van der Waals surface area contributed by atoms with Gasteiger partial charge in [0.05, 0.1) is 23.3 Å². The summed E-state index contributed by atoms with van der Waals surface area (Å²) in [7, 11) is -1.32. The quantitative estimate of drug-likeness (QED) is 0.820. The lowest BCUT2D eigenvalue weighted by Gasteiger charge is -2.28. The summed E-state index contributed by atoms with van der Waals surface area (Å²) in [5, 5.41) is 0. The number of carbonyl (C=O) groups is 1. The predicted octanol–water partition coefficient (Wildman–Crippen LogP) is 2.42. The van der Waals surface area contributed by atoms with E-state index in [0.717, 1.165) is 5.56 Å². The Hall–Kier alpha value is -1.20. The van der Waals surface area contributed by atoms with Gasteiger partial charge in [0.15, 0.2) is 0 Å². The van der Waals surface area contributed by atoms with Crippen LogP contribution < -0.4 is 4.72 Å². The highest BCUT2D eigenvalue weighted by Gasteiger charge is 2.33. The Balaban J connectivity index is 2.70. The standard InChI is InChI=1S/C15H23NO3S/c1-5-19-14(17)13(15(2,3)4)16-20(18)11-12-9-7-6-8-10-12/h6-10,13,16H,5,11H2,1-4H3. The van der Waals surface area contributed by atoms with Crippen molar-refractivity contribution in [2.24, 2.45) is 5.41 Å². The average Bonchev–Trinajstić information content (AvgIpc) is 2.36. The van der Waals surface area contributed by atoms with Crippen molar-refractivity contribution in [3.63, 3.8) is 0 Å². The number of rotatable bonds is 6. The first-order valence-electron chi connectivity index (χ1n) is 6.69. The maximum atomic E-state index is 12.2. The monoisotopic (exact) mass is 297 g/mol. The second kappa shape index (κ2) is 7.55. The lowest BCUT2D eigenvalue weighted by molar-refractivity contribution is -0.147. The molecule has 1 N–H and O–H groups in total. The number of esters is 1. The van der Waals surface area contributed by atoms with Crippen molar-refractivity contribution >= 4 is 17.0 Å². The molecule has 4 nitrogen and oxygen atoms in total. The minimum Gasteiger partial charge on any atom is -0.465 e. The van der Waals surface area contributed by atoms with E-state index in [1.807, 2.05) is 51.1 Å². The molecule has 0 saturated carbocycles. The Morgan fingerprint density at radius 1 is 1.30 bits per heavy atom. The molecule has 1 aromatic rings. The number of nitrogens with one attached hydrogen (secondary N) is 1. The van der Waals surface area contributed by atoms with Crippen LogP contribution in [0.5, 0.6) is 0 Å². The molecule has 2 atom stereocenters. The number of carbonyl (C=O) groups excluding carboxylic acids is 1. The zero-order valence-corrected chi connectivity index (χ0v) is 13.3. The van der Waals surface area contributed by atoms with Crippen molar-refractivity contribution in [1.82, 2.24) is 4.72 Å². The molecule has 0 amide bonds. The van der Waals surface area contributed by atoms with Gasteiger partial charge in [0.1, 0.15) is 6.04 Å². The van der Waals surface area contributed by atoms with Crippen LogP contribution in [0.3, 0.4) is 0 Å². The van der Waals surface area contributed by atoms with E-state index >= 15 is 0 Å². The van der Waals surface area contributed by atoms with Crippen LogP contribution in [0, 0.1) is 5.41 Å². The average molecular weight is 297 g/mol. The summed E-state index contributed by atoms with van der Waals surface area (Å²) in [6.45, 7) is 7.83. The van der Waals surface area contributed by atoms with Gasteiger partial charge in [-0.3, -0.25) is 4.79 Å². The topological polar surface area (TPSA) is 55.4 Å². The summed E-state index contributed by atoms with van der Waals surface area (Å²) >= 11 is 0. The molecule has 0 aliphatic carbocycles. The zero-order valence-electron chi connectivity index (χ0n) is 12.5.